The fourth-order valence-electron chi connectivity index (χ4n) is 1.48. The van der Waals surface area contributed by atoms with Crippen LogP contribution >= 0.6 is 23.6 Å². The monoisotopic (exact) mass is 272 g/mol. The summed E-state index contributed by atoms with van der Waals surface area (Å²) < 4.78 is 4.97. The molecule has 0 aliphatic rings. The predicted octanol–water partition coefficient (Wildman–Crippen LogP) is 2.31. The van der Waals surface area contributed by atoms with Gasteiger partial charge in [0.05, 0.1) is 6.54 Å². The maximum atomic E-state index is 5.20. The van der Waals surface area contributed by atoms with Crippen LogP contribution < -0.4 is 10.6 Å². The van der Waals surface area contributed by atoms with Gasteiger partial charge in [0, 0.05) is 25.1 Å². The Bertz CT molecular complexity index is 339. The highest BCUT2D eigenvalue weighted by Gasteiger charge is 2.02. The third-order valence-electron chi connectivity index (χ3n) is 2.44. The molecule has 0 fully saturated rings. The van der Waals surface area contributed by atoms with Gasteiger partial charge in [-0.2, -0.15) is 0 Å². The van der Waals surface area contributed by atoms with Gasteiger partial charge in [0.2, 0.25) is 0 Å². The average Bonchev–Trinajstić information content (AvgIpc) is 2.79. The van der Waals surface area contributed by atoms with Gasteiger partial charge in [0.15, 0.2) is 5.11 Å². The van der Waals surface area contributed by atoms with Crippen molar-refractivity contribution in [1.82, 2.24) is 10.6 Å². The van der Waals surface area contributed by atoms with Crippen molar-refractivity contribution in [3.8, 4) is 0 Å². The van der Waals surface area contributed by atoms with E-state index in [1.165, 1.54) is 10.4 Å². The number of hydrogen-bond donors (Lipinski definition) is 2. The second-order valence-electron chi connectivity index (χ2n) is 3.68. The highest BCUT2D eigenvalue weighted by molar-refractivity contribution is 7.80. The predicted molar refractivity (Wildman–Crippen MR) is 77.6 cm³/mol. The number of rotatable bonds is 7. The molecule has 0 aliphatic heterocycles. The van der Waals surface area contributed by atoms with Crippen LogP contribution in [-0.2, 0) is 17.7 Å². The van der Waals surface area contributed by atoms with Gasteiger partial charge >= 0.3 is 0 Å². The molecule has 1 aromatic rings. The number of thiocarbonyl (C=S) groups is 1. The van der Waals surface area contributed by atoms with Crippen molar-refractivity contribution < 1.29 is 4.74 Å². The normalized spacial score (nSPS) is 10.2. The summed E-state index contributed by atoms with van der Waals surface area (Å²) in [7, 11) is 1.71. The molecule has 0 bridgehead atoms. The van der Waals surface area contributed by atoms with Crippen LogP contribution in [0.5, 0.6) is 0 Å². The van der Waals surface area contributed by atoms with E-state index in [4.69, 9.17) is 17.0 Å². The Labute approximate surface area is 113 Å². The molecule has 0 amide bonds. The summed E-state index contributed by atoms with van der Waals surface area (Å²) in [5.74, 6) is 0. The molecular weight excluding hydrogens is 252 g/mol. The molecule has 3 nitrogen and oxygen atoms in total. The first kappa shape index (κ1) is 14.4. The third-order valence-corrected chi connectivity index (χ3v) is 3.69. The zero-order valence-corrected chi connectivity index (χ0v) is 12.0. The number of methoxy groups -OCH3 is 1. The van der Waals surface area contributed by atoms with Crippen LogP contribution in [0, 0.1) is 0 Å². The standard InChI is InChI=1S/C12H20N2OS2/c1-3-10-5-8-17-11(10)9-14-12(16)13-6-4-7-15-2/h5,8H,3-4,6-7,9H2,1-2H3,(H2,13,14,16). The minimum absolute atomic E-state index is 0.719. The van der Waals surface area contributed by atoms with E-state index in [1.54, 1.807) is 18.4 Å². The van der Waals surface area contributed by atoms with Gasteiger partial charge in [-0.15, -0.1) is 11.3 Å². The molecule has 0 unspecified atom stereocenters. The third kappa shape index (κ3) is 5.48. The van der Waals surface area contributed by atoms with Crippen molar-refractivity contribution in [2.24, 2.45) is 0 Å². The number of ether oxygens (including phenoxy) is 1. The molecule has 0 aromatic carbocycles. The smallest absolute Gasteiger partial charge is 0.166 e. The summed E-state index contributed by atoms with van der Waals surface area (Å²) in [6.45, 7) is 4.61. The molecule has 1 rings (SSSR count). The van der Waals surface area contributed by atoms with Crippen LogP contribution in [0.2, 0.25) is 0 Å². The quantitative estimate of drug-likeness (QED) is 0.589. The van der Waals surface area contributed by atoms with Crippen molar-refractivity contribution in [2.45, 2.75) is 26.3 Å². The van der Waals surface area contributed by atoms with Crippen molar-refractivity contribution in [3.05, 3.63) is 21.9 Å². The van der Waals surface area contributed by atoms with Crippen molar-refractivity contribution >= 4 is 28.7 Å². The first-order valence-electron chi connectivity index (χ1n) is 5.83. The topological polar surface area (TPSA) is 33.3 Å². The van der Waals surface area contributed by atoms with Crippen LogP contribution in [0.3, 0.4) is 0 Å². The Balaban J connectivity index is 2.19. The molecule has 17 heavy (non-hydrogen) atoms. The molecule has 1 aromatic heterocycles. The Morgan fingerprint density at radius 3 is 3.00 bits per heavy atom. The maximum Gasteiger partial charge on any atom is 0.166 e. The van der Waals surface area contributed by atoms with E-state index in [2.05, 4.69) is 29.0 Å². The molecule has 0 saturated heterocycles. The maximum absolute atomic E-state index is 5.20. The summed E-state index contributed by atoms with van der Waals surface area (Å²) in [5.41, 5.74) is 1.41. The lowest BCUT2D eigenvalue weighted by Gasteiger charge is -2.10. The van der Waals surface area contributed by atoms with Crippen molar-refractivity contribution in [3.63, 3.8) is 0 Å². The average molecular weight is 272 g/mol. The second-order valence-corrected chi connectivity index (χ2v) is 5.09. The largest absolute Gasteiger partial charge is 0.385 e. The number of thiophene rings is 1. The van der Waals surface area contributed by atoms with E-state index in [0.717, 1.165) is 37.7 Å². The van der Waals surface area contributed by atoms with Crippen LogP contribution in [0.1, 0.15) is 23.8 Å². The zero-order valence-electron chi connectivity index (χ0n) is 10.4. The lowest BCUT2D eigenvalue weighted by molar-refractivity contribution is 0.195. The molecule has 0 aliphatic carbocycles. The molecule has 0 radical (unpaired) electrons. The molecule has 5 heteroatoms. The summed E-state index contributed by atoms with van der Waals surface area (Å²) in [5, 5.41) is 9.24. The van der Waals surface area contributed by atoms with E-state index in [-0.39, 0.29) is 0 Å². The highest BCUT2D eigenvalue weighted by atomic mass is 32.1. The van der Waals surface area contributed by atoms with Gasteiger partial charge in [0.25, 0.3) is 0 Å². The van der Waals surface area contributed by atoms with Crippen molar-refractivity contribution in [1.29, 1.82) is 0 Å². The molecule has 96 valence electrons. The van der Waals surface area contributed by atoms with Crippen molar-refractivity contribution in [2.75, 3.05) is 20.3 Å². The molecule has 1 heterocycles. The number of nitrogens with one attached hydrogen (secondary N) is 2. The molecular formula is C12H20N2OS2. The van der Waals surface area contributed by atoms with Crippen LogP contribution in [0.4, 0.5) is 0 Å². The Hall–Kier alpha value is -0.650. The molecule has 0 spiro atoms. The Morgan fingerprint density at radius 1 is 1.47 bits per heavy atom. The number of aryl methyl sites for hydroxylation is 1. The second kappa shape index (κ2) is 8.44. The van der Waals surface area contributed by atoms with E-state index in [1.807, 2.05) is 0 Å². The van der Waals surface area contributed by atoms with E-state index >= 15 is 0 Å². The van der Waals surface area contributed by atoms with E-state index in [9.17, 15) is 0 Å². The zero-order chi connectivity index (χ0) is 12.5. The summed E-state index contributed by atoms with van der Waals surface area (Å²) >= 11 is 6.98. The van der Waals surface area contributed by atoms with Gasteiger partial charge in [-0.3, -0.25) is 0 Å². The van der Waals surface area contributed by atoms with Gasteiger partial charge < -0.3 is 15.4 Å². The van der Waals surface area contributed by atoms with E-state index < -0.39 is 0 Å². The van der Waals surface area contributed by atoms with Gasteiger partial charge in [0.1, 0.15) is 0 Å². The fraction of sp³-hybridized carbons (Fsp3) is 0.583. The first-order chi connectivity index (χ1) is 8.27. The lowest BCUT2D eigenvalue weighted by atomic mass is 10.2. The Kier molecular flexibility index (Phi) is 7.16. The summed E-state index contributed by atoms with van der Waals surface area (Å²) in [6, 6.07) is 2.18. The first-order valence-corrected chi connectivity index (χ1v) is 7.12. The van der Waals surface area contributed by atoms with Gasteiger partial charge in [-0.1, -0.05) is 6.92 Å². The SMILES string of the molecule is CCc1ccsc1CNC(=S)NCCCOC. The van der Waals surface area contributed by atoms with Gasteiger partial charge in [-0.05, 0) is 42.1 Å². The van der Waals surface area contributed by atoms with E-state index in [0.29, 0.717) is 0 Å². The van der Waals surface area contributed by atoms with Crippen LogP contribution in [0.25, 0.3) is 0 Å². The Morgan fingerprint density at radius 2 is 2.29 bits per heavy atom. The fourth-order valence-corrected chi connectivity index (χ4v) is 2.57. The molecule has 0 saturated carbocycles. The minimum atomic E-state index is 0.719. The summed E-state index contributed by atoms with van der Waals surface area (Å²) in [6.07, 6.45) is 2.05. The highest BCUT2D eigenvalue weighted by Crippen LogP contribution is 2.16. The summed E-state index contributed by atoms with van der Waals surface area (Å²) in [4.78, 5) is 1.37. The lowest BCUT2D eigenvalue weighted by Crippen LogP contribution is -2.35. The van der Waals surface area contributed by atoms with Crippen LogP contribution in [0.15, 0.2) is 11.4 Å². The van der Waals surface area contributed by atoms with Crippen LogP contribution in [-0.4, -0.2) is 25.4 Å². The minimum Gasteiger partial charge on any atom is -0.385 e. The number of hydrogen-bond acceptors (Lipinski definition) is 3. The molecule has 2 N–H and O–H groups in total. The molecule has 0 atom stereocenters. The van der Waals surface area contributed by atoms with Gasteiger partial charge in [-0.25, -0.2) is 0 Å².